The third-order valence-corrected chi connectivity index (χ3v) is 3.31. The average Bonchev–Trinajstić information content (AvgIpc) is 2.58. The number of hydrogen-bond donors (Lipinski definition) is 2. The Balaban J connectivity index is 2.07. The Morgan fingerprint density at radius 1 is 1.26 bits per heavy atom. The lowest BCUT2D eigenvalue weighted by Gasteiger charge is -2.10. The number of carbonyl (C=O) groups excluding carboxylic acids is 1. The van der Waals surface area contributed by atoms with Gasteiger partial charge in [-0.15, -0.1) is 0 Å². The minimum atomic E-state index is -0.443. The van der Waals surface area contributed by atoms with Crippen LogP contribution in [-0.2, 0) is 6.54 Å². The maximum Gasteiger partial charge on any atom is 0.251 e. The molecule has 2 rings (SSSR count). The molecule has 118 valence electrons. The van der Waals surface area contributed by atoms with Gasteiger partial charge in [0.25, 0.3) is 5.91 Å². The van der Waals surface area contributed by atoms with Crippen molar-refractivity contribution in [2.24, 2.45) is 0 Å². The number of nitriles is 1. The molecule has 1 amide bonds. The maximum atomic E-state index is 13.1. The molecule has 0 heterocycles. The zero-order valence-electron chi connectivity index (χ0n) is 12.9. The number of anilines is 1. The minimum absolute atomic E-state index is 0.104. The summed E-state index contributed by atoms with van der Waals surface area (Å²) < 4.78 is 13.1. The third-order valence-electron chi connectivity index (χ3n) is 3.31. The fraction of sp³-hybridized carbons (Fsp3) is 0.222. The predicted octanol–water partition coefficient (Wildman–Crippen LogP) is 3.45. The molecule has 0 spiro atoms. The Hall–Kier alpha value is -2.87. The van der Waals surface area contributed by atoms with Gasteiger partial charge in [-0.3, -0.25) is 4.79 Å². The van der Waals surface area contributed by atoms with Crippen LogP contribution in [0.25, 0.3) is 0 Å². The summed E-state index contributed by atoms with van der Waals surface area (Å²) in [6.07, 6.45) is 0.883. The molecule has 4 nitrogen and oxygen atoms in total. The fourth-order valence-electron chi connectivity index (χ4n) is 2.12. The summed E-state index contributed by atoms with van der Waals surface area (Å²) in [5.41, 5.74) is 2.32. The first kappa shape index (κ1) is 16.5. The molecule has 0 bridgehead atoms. The van der Waals surface area contributed by atoms with Crippen molar-refractivity contribution >= 4 is 11.6 Å². The van der Waals surface area contributed by atoms with Crippen molar-refractivity contribution in [1.82, 2.24) is 5.32 Å². The van der Waals surface area contributed by atoms with Gasteiger partial charge in [0, 0.05) is 18.7 Å². The number of nitrogens with zero attached hydrogens (tertiary/aromatic N) is 1. The standard InChI is InChI=1S/C18H18FN3O/c1-2-8-21-18(23)14-5-3-4-13(9-14)12-22-17-7-6-16(19)10-15(17)11-20/h3-7,9-10,22H,2,8,12H2,1H3,(H,21,23). The van der Waals surface area contributed by atoms with Gasteiger partial charge < -0.3 is 10.6 Å². The van der Waals surface area contributed by atoms with Crippen LogP contribution in [0.15, 0.2) is 42.5 Å². The second-order valence-electron chi connectivity index (χ2n) is 5.11. The van der Waals surface area contributed by atoms with Crippen LogP contribution in [0.1, 0.15) is 34.8 Å². The van der Waals surface area contributed by atoms with E-state index in [1.165, 1.54) is 18.2 Å². The molecular formula is C18H18FN3O. The molecule has 2 aromatic rings. The lowest BCUT2D eigenvalue weighted by Crippen LogP contribution is -2.24. The largest absolute Gasteiger partial charge is 0.380 e. The van der Waals surface area contributed by atoms with Crippen LogP contribution in [0.4, 0.5) is 10.1 Å². The fourth-order valence-corrected chi connectivity index (χ4v) is 2.12. The molecule has 0 aromatic heterocycles. The Kier molecular flexibility index (Phi) is 5.70. The van der Waals surface area contributed by atoms with E-state index in [1.807, 2.05) is 25.1 Å². The van der Waals surface area contributed by atoms with Crippen molar-refractivity contribution in [3.8, 4) is 6.07 Å². The van der Waals surface area contributed by atoms with E-state index in [0.29, 0.717) is 24.3 Å². The van der Waals surface area contributed by atoms with Crippen molar-refractivity contribution in [2.45, 2.75) is 19.9 Å². The highest BCUT2D eigenvalue weighted by molar-refractivity contribution is 5.94. The maximum absolute atomic E-state index is 13.1. The van der Waals surface area contributed by atoms with Crippen molar-refractivity contribution < 1.29 is 9.18 Å². The highest BCUT2D eigenvalue weighted by Gasteiger charge is 2.07. The molecule has 0 fully saturated rings. The van der Waals surface area contributed by atoms with Crippen molar-refractivity contribution in [1.29, 1.82) is 5.26 Å². The Morgan fingerprint density at radius 2 is 2.09 bits per heavy atom. The van der Waals surface area contributed by atoms with Gasteiger partial charge in [-0.05, 0) is 42.3 Å². The number of hydrogen-bond acceptors (Lipinski definition) is 3. The monoisotopic (exact) mass is 311 g/mol. The lowest BCUT2D eigenvalue weighted by atomic mass is 10.1. The van der Waals surface area contributed by atoms with Gasteiger partial charge in [-0.1, -0.05) is 19.1 Å². The molecule has 0 aliphatic carbocycles. The van der Waals surface area contributed by atoms with Crippen molar-refractivity contribution in [3.63, 3.8) is 0 Å². The van der Waals surface area contributed by atoms with Crippen LogP contribution in [0.2, 0.25) is 0 Å². The number of rotatable bonds is 6. The first-order valence-corrected chi connectivity index (χ1v) is 7.44. The summed E-state index contributed by atoms with van der Waals surface area (Å²) >= 11 is 0. The van der Waals surface area contributed by atoms with E-state index < -0.39 is 5.82 Å². The molecule has 2 aromatic carbocycles. The van der Waals surface area contributed by atoms with Gasteiger partial charge in [0.05, 0.1) is 11.3 Å². The minimum Gasteiger partial charge on any atom is -0.380 e. The Bertz CT molecular complexity index is 737. The molecule has 23 heavy (non-hydrogen) atoms. The number of carbonyl (C=O) groups is 1. The Morgan fingerprint density at radius 3 is 2.83 bits per heavy atom. The van der Waals surface area contributed by atoms with Crippen LogP contribution < -0.4 is 10.6 Å². The van der Waals surface area contributed by atoms with Gasteiger partial charge in [-0.25, -0.2) is 4.39 Å². The summed E-state index contributed by atoms with van der Waals surface area (Å²) in [6, 6.07) is 13.2. The predicted molar refractivity (Wildman–Crippen MR) is 87.5 cm³/mol. The molecule has 5 heteroatoms. The number of nitrogens with one attached hydrogen (secondary N) is 2. The molecule has 0 saturated carbocycles. The van der Waals surface area contributed by atoms with Gasteiger partial charge >= 0.3 is 0 Å². The van der Waals surface area contributed by atoms with Gasteiger partial charge in [0.2, 0.25) is 0 Å². The van der Waals surface area contributed by atoms with Crippen molar-refractivity contribution in [3.05, 3.63) is 65.0 Å². The number of halogens is 1. The zero-order chi connectivity index (χ0) is 16.7. The molecule has 0 radical (unpaired) electrons. The van der Waals surface area contributed by atoms with E-state index in [4.69, 9.17) is 5.26 Å². The highest BCUT2D eigenvalue weighted by Crippen LogP contribution is 2.17. The second-order valence-corrected chi connectivity index (χ2v) is 5.11. The second kappa shape index (κ2) is 7.95. The zero-order valence-corrected chi connectivity index (χ0v) is 12.9. The van der Waals surface area contributed by atoms with E-state index in [2.05, 4.69) is 10.6 Å². The molecule has 2 N–H and O–H groups in total. The van der Waals surface area contributed by atoms with Crippen LogP contribution in [0.5, 0.6) is 0 Å². The van der Waals surface area contributed by atoms with E-state index in [9.17, 15) is 9.18 Å². The SMILES string of the molecule is CCCNC(=O)c1cccc(CNc2ccc(F)cc2C#N)c1. The van der Waals surface area contributed by atoms with Crippen molar-refractivity contribution in [2.75, 3.05) is 11.9 Å². The first-order chi connectivity index (χ1) is 11.1. The molecule has 0 unspecified atom stereocenters. The molecular weight excluding hydrogens is 293 g/mol. The summed E-state index contributed by atoms with van der Waals surface area (Å²) in [5.74, 6) is -0.546. The summed E-state index contributed by atoms with van der Waals surface area (Å²) in [5, 5.41) is 15.0. The summed E-state index contributed by atoms with van der Waals surface area (Å²) in [6.45, 7) is 3.08. The topological polar surface area (TPSA) is 64.9 Å². The van der Waals surface area contributed by atoms with E-state index in [1.54, 1.807) is 12.1 Å². The quantitative estimate of drug-likeness (QED) is 0.859. The van der Waals surface area contributed by atoms with E-state index in [-0.39, 0.29) is 11.5 Å². The van der Waals surface area contributed by atoms with Crippen LogP contribution in [-0.4, -0.2) is 12.5 Å². The number of amides is 1. The average molecular weight is 311 g/mol. The van der Waals surface area contributed by atoms with Gasteiger partial charge in [0.15, 0.2) is 0 Å². The molecule has 0 atom stereocenters. The van der Waals surface area contributed by atoms with E-state index in [0.717, 1.165) is 12.0 Å². The number of benzene rings is 2. The third kappa shape index (κ3) is 4.55. The summed E-state index contributed by atoms with van der Waals surface area (Å²) in [7, 11) is 0. The van der Waals surface area contributed by atoms with Crippen LogP contribution in [0.3, 0.4) is 0 Å². The van der Waals surface area contributed by atoms with Gasteiger partial charge in [0.1, 0.15) is 11.9 Å². The lowest BCUT2D eigenvalue weighted by molar-refractivity contribution is 0.0953. The van der Waals surface area contributed by atoms with Gasteiger partial charge in [-0.2, -0.15) is 5.26 Å². The molecule has 0 aliphatic heterocycles. The first-order valence-electron chi connectivity index (χ1n) is 7.44. The highest BCUT2D eigenvalue weighted by atomic mass is 19.1. The molecule has 0 aliphatic rings. The van der Waals surface area contributed by atoms with Crippen LogP contribution >= 0.6 is 0 Å². The van der Waals surface area contributed by atoms with E-state index >= 15 is 0 Å². The molecule has 0 saturated heterocycles. The summed E-state index contributed by atoms with van der Waals surface area (Å²) in [4.78, 5) is 12.0. The normalized spacial score (nSPS) is 9.96. The van der Waals surface area contributed by atoms with Crippen LogP contribution in [0, 0.1) is 17.1 Å². The smallest absolute Gasteiger partial charge is 0.251 e. The Labute approximate surface area is 134 Å².